The number of hydrogen-bond donors (Lipinski definition) is 2. The summed E-state index contributed by atoms with van der Waals surface area (Å²) in [6.07, 6.45) is 5.71. The zero-order valence-corrected chi connectivity index (χ0v) is 11.0. The van der Waals surface area contributed by atoms with E-state index in [2.05, 4.69) is 9.71 Å². The largest absolute Gasteiger partial charge is 0.478 e. The molecule has 2 rings (SSSR count). The highest BCUT2D eigenvalue weighted by molar-refractivity contribution is 7.92. The van der Waals surface area contributed by atoms with Crippen LogP contribution in [-0.2, 0) is 14.8 Å². The van der Waals surface area contributed by atoms with Crippen molar-refractivity contribution in [3.8, 4) is 0 Å². The lowest BCUT2D eigenvalue weighted by Crippen LogP contribution is -2.17. The van der Waals surface area contributed by atoms with Crippen LogP contribution in [0.25, 0.3) is 6.08 Å². The number of thiazole rings is 1. The van der Waals surface area contributed by atoms with Gasteiger partial charge in [-0.25, -0.2) is 18.2 Å². The maximum absolute atomic E-state index is 11.7. The van der Waals surface area contributed by atoms with E-state index in [1.807, 2.05) is 0 Å². The molecule has 0 unspecified atom stereocenters. The minimum absolute atomic E-state index is 0.132. The van der Waals surface area contributed by atoms with Crippen LogP contribution in [0.1, 0.15) is 17.7 Å². The molecule has 2 N–H and O–H groups in total. The van der Waals surface area contributed by atoms with Gasteiger partial charge in [-0.2, -0.15) is 0 Å². The van der Waals surface area contributed by atoms with Crippen molar-refractivity contribution in [3.63, 3.8) is 0 Å². The number of hydrogen-bond acceptors (Lipinski definition) is 5. The van der Waals surface area contributed by atoms with E-state index in [1.54, 1.807) is 0 Å². The number of nitrogens with one attached hydrogen (secondary N) is 1. The monoisotopic (exact) mass is 288 g/mol. The third kappa shape index (κ3) is 4.11. The van der Waals surface area contributed by atoms with Crippen LogP contribution in [-0.4, -0.2) is 30.2 Å². The number of carboxylic acid groups (broad SMARTS) is 1. The van der Waals surface area contributed by atoms with Crippen molar-refractivity contribution in [1.82, 2.24) is 4.98 Å². The third-order valence-corrected chi connectivity index (χ3v) is 4.73. The molecular weight excluding hydrogens is 276 g/mol. The van der Waals surface area contributed by atoms with Gasteiger partial charge in [0.05, 0.1) is 5.75 Å². The Hall–Kier alpha value is -1.41. The van der Waals surface area contributed by atoms with Crippen molar-refractivity contribution in [2.45, 2.75) is 12.8 Å². The smallest absolute Gasteiger partial charge is 0.328 e. The molecular formula is C10H12N2O4S2. The SMILES string of the molecule is O=C(O)C=Cc1cnc(NS(=O)(=O)CC2CC2)s1. The van der Waals surface area contributed by atoms with Crippen molar-refractivity contribution in [3.05, 3.63) is 17.2 Å². The maximum Gasteiger partial charge on any atom is 0.328 e. The molecule has 0 bridgehead atoms. The fraction of sp³-hybridized carbons (Fsp3) is 0.400. The van der Waals surface area contributed by atoms with Crippen LogP contribution in [0.5, 0.6) is 0 Å². The van der Waals surface area contributed by atoms with E-state index >= 15 is 0 Å². The molecule has 1 aromatic rings. The molecule has 0 radical (unpaired) electrons. The van der Waals surface area contributed by atoms with Crippen LogP contribution >= 0.6 is 11.3 Å². The number of carboxylic acids is 1. The average Bonchev–Trinajstić information content (AvgIpc) is 2.92. The molecule has 1 fully saturated rings. The molecule has 0 spiro atoms. The molecule has 0 aliphatic heterocycles. The second kappa shape index (κ2) is 5.07. The van der Waals surface area contributed by atoms with Crippen molar-refractivity contribution in [2.75, 3.05) is 10.5 Å². The Bertz CT molecular complexity index is 572. The fourth-order valence-corrected chi connectivity index (χ4v) is 3.81. The molecule has 0 aromatic carbocycles. The summed E-state index contributed by atoms with van der Waals surface area (Å²) >= 11 is 1.10. The molecule has 1 aromatic heterocycles. The number of carbonyl (C=O) groups is 1. The van der Waals surface area contributed by atoms with Crippen molar-refractivity contribution >= 4 is 38.5 Å². The summed E-state index contributed by atoms with van der Waals surface area (Å²) in [5, 5.41) is 8.72. The molecule has 1 aliphatic rings. The zero-order valence-electron chi connectivity index (χ0n) is 9.37. The summed E-state index contributed by atoms with van der Waals surface area (Å²) in [6, 6.07) is 0. The Morgan fingerprint density at radius 3 is 2.94 bits per heavy atom. The quantitative estimate of drug-likeness (QED) is 0.771. The van der Waals surface area contributed by atoms with Gasteiger partial charge >= 0.3 is 5.97 Å². The minimum atomic E-state index is -3.33. The minimum Gasteiger partial charge on any atom is -0.478 e. The van der Waals surface area contributed by atoms with Crippen LogP contribution in [0.15, 0.2) is 12.3 Å². The Kier molecular flexibility index (Phi) is 3.67. The Morgan fingerprint density at radius 2 is 2.33 bits per heavy atom. The Labute approximate surface area is 108 Å². The standard InChI is InChI=1S/C10H12N2O4S2/c13-9(14)4-3-8-5-11-10(17-8)12-18(15,16)6-7-1-2-7/h3-5,7H,1-2,6H2,(H,11,12)(H,13,14). The second-order valence-corrected chi connectivity index (χ2v) is 6.90. The summed E-state index contributed by atoms with van der Waals surface area (Å²) < 4.78 is 25.7. The zero-order chi connectivity index (χ0) is 13.2. The van der Waals surface area contributed by atoms with E-state index < -0.39 is 16.0 Å². The lowest BCUT2D eigenvalue weighted by molar-refractivity contribution is -0.131. The second-order valence-electron chi connectivity index (χ2n) is 4.07. The summed E-state index contributed by atoms with van der Waals surface area (Å²) in [4.78, 5) is 14.8. The molecule has 8 heteroatoms. The summed E-state index contributed by atoms with van der Waals surface area (Å²) in [7, 11) is -3.33. The highest BCUT2D eigenvalue weighted by atomic mass is 32.2. The van der Waals surface area contributed by atoms with E-state index in [-0.39, 0.29) is 16.8 Å². The first-order chi connectivity index (χ1) is 8.44. The molecule has 6 nitrogen and oxygen atoms in total. The number of aliphatic carboxylic acids is 1. The molecule has 0 saturated heterocycles. The Morgan fingerprint density at radius 1 is 1.61 bits per heavy atom. The molecule has 98 valence electrons. The molecule has 0 amide bonds. The van der Waals surface area contributed by atoms with Gasteiger partial charge in [-0.15, -0.1) is 0 Å². The number of nitrogens with zero attached hydrogens (tertiary/aromatic N) is 1. The van der Waals surface area contributed by atoms with E-state index in [0.717, 1.165) is 30.3 Å². The molecule has 18 heavy (non-hydrogen) atoms. The van der Waals surface area contributed by atoms with Crippen LogP contribution in [0.4, 0.5) is 5.13 Å². The van der Waals surface area contributed by atoms with Crippen LogP contribution in [0.3, 0.4) is 0 Å². The molecule has 1 aliphatic carbocycles. The van der Waals surface area contributed by atoms with E-state index in [0.29, 0.717) is 4.88 Å². The van der Waals surface area contributed by atoms with Gasteiger partial charge < -0.3 is 5.11 Å². The van der Waals surface area contributed by atoms with Crippen molar-refractivity contribution < 1.29 is 18.3 Å². The topological polar surface area (TPSA) is 96.4 Å². The van der Waals surface area contributed by atoms with Gasteiger partial charge in [0.2, 0.25) is 10.0 Å². The molecule has 1 saturated carbocycles. The highest BCUT2D eigenvalue weighted by Crippen LogP contribution is 2.31. The van der Waals surface area contributed by atoms with Gasteiger partial charge in [-0.3, -0.25) is 4.72 Å². The van der Waals surface area contributed by atoms with Gasteiger partial charge in [0.25, 0.3) is 0 Å². The Balaban J connectivity index is 1.99. The summed E-state index contributed by atoms with van der Waals surface area (Å²) in [6.45, 7) is 0. The number of rotatable bonds is 6. The van der Waals surface area contributed by atoms with E-state index in [4.69, 9.17) is 5.11 Å². The van der Waals surface area contributed by atoms with Crippen LogP contribution < -0.4 is 4.72 Å². The van der Waals surface area contributed by atoms with E-state index in [1.165, 1.54) is 12.3 Å². The fourth-order valence-electron chi connectivity index (χ4n) is 1.33. The summed E-state index contributed by atoms with van der Waals surface area (Å²) in [5.74, 6) is -0.652. The van der Waals surface area contributed by atoms with Crippen LogP contribution in [0.2, 0.25) is 0 Å². The van der Waals surface area contributed by atoms with Gasteiger partial charge in [-0.1, -0.05) is 11.3 Å². The number of anilines is 1. The average molecular weight is 288 g/mol. The lowest BCUT2D eigenvalue weighted by atomic mass is 10.4. The third-order valence-electron chi connectivity index (χ3n) is 2.31. The first-order valence-corrected chi connectivity index (χ1v) is 7.79. The first-order valence-electron chi connectivity index (χ1n) is 5.32. The van der Waals surface area contributed by atoms with E-state index in [9.17, 15) is 13.2 Å². The first kappa shape index (κ1) is 13.0. The lowest BCUT2D eigenvalue weighted by Gasteiger charge is -2.02. The van der Waals surface area contributed by atoms with Gasteiger partial charge in [0.1, 0.15) is 0 Å². The number of aromatic nitrogens is 1. The predicted octanol–water partition coefficient (Wildman–Crippen LogP) is 1.39. The molecule has 0 atom stereocenters. The van der Waals surface area contributed by atoms with Crippen LogP contribution in [0, 0.1) is 5.92 Å². The molecule has 1 heterocycles. The van der Waals surface area contributed by atoms with Gasteiger partial charge in [0.15, 0.2) is 5.13 Å². The highest BCUT2D eigenvalue weighted by Gasteiger charge is 2.28. The van der Waals surface area contributed by atoms with Crippen molar-refractivity contribution in [1.29, 1.82) is 0 Å². The maximum atomic E-state index is 11.7. The van der Waals surface area contributed by atoms with Gasteiger partial charge in [-0.05, 0) is 24.8 Å². The van der Waals surface area contributed by atoms with Crippen molar-refractivity contribution in [2.24, 2.45) is 5.92 Å². The summed E-state index contributed by atoms with van der Waals surface area (Å²) in [5.41, 5.74) is 0. The number of sulfonamides is 1. The van der Waals surface area contributed by atoms with Gasteiger partial charge in [0, 0.05) is 17.2 Å². The predicted molar refractivity (Wildman–Crippen MR) is 68.9 cm³/mol. The normalized spacial score (nSPS) is 16.0.